The molecule has 0 spiro atoms. The van der Waals surface area contributed by atoms with Crippen molar-refractivity contribution in [2.45, 2.75) is 13.3 Å². The Balaban J connectivity index is 1.98. The number of rotatable bonds is 4. The van der Waals surface area contributed by atoms with Crippen molar-refractivity contribution in [2.75, 3.05) is 0 Å². The molecule has 0 bridgehead atoms. The zero-order chi connectivity index (χ0) is 17.6. The zero-order valence-electron chi connectivity index (χ0n) is 13.8. The van der Waals surface area contributed by atoms with Crippen molar-refractivity contribution in [3.8, 4) is 12.1 Å². The number of imidazole rings is 1. The van der Waals surface area contributed by atoms with E-state index in [2.05, 4.69) is 28.2 Å². The summed E-state index contributed by atoms with van der Waals surface area (Å²) in [6.07, 6.45) is 4.55. The number of hydrogen-bond acceptors (Lipinski definition) is 3. The van der Waals surface area contributed by atoms with Crippen LogP contribution in [0.1, 0.15) is 33.8 Å². The highest BCUT2D eigenvalue weighted by atomic mass is 14.9. The first kappa shape index (κ1) is 16.2. The van der Waals surface area contributed by atoms with E-state index < -0.39 is 0 Å². The smallest absolute Gasteiger partial charge is 0.110 e. The Labute approximate surface area is 146 Å². The maximum atomic E-state index is 8.98. The topological polar surface area (TPSA) is 76.3 Å². The minimum Gasteiger partial charge on any atom is -0.346 e. The molecule has 4 nitrogen and oxygen atoms in total. The fourth-order valence-electron chi connectivity index (χ4n) is 2.59. The summed E-state index contributed by atoms with van der Waals surface area (Å²) < 4.78 is 0. The summed E-state index contributed by atoms with van der Waals surface area (Å²) in [4.78, 5) is 7.65. The van der Waals surface area contributed by atoms with E-state index in [4.69, 9.17) is 10.5 Å². The van der Waals surface area contributed by atoms with Gasteiger partial charge in [0.25, 0.3) is 0 Å². The van der Waals surface area contributed by atoms with E-state index in [1.54, 1.807) is 12.1 Å². The molecule has 0 fully saturated rings. The van der Waals surface area contributed by atoms with Gasteiger partial charge in [0, 0.05) is 18.3 Å². The number of aromatic amines is 1. The first-order valence-corrected chi connectivity index (χ1v) is 7.89. The van der Waals surface area contributed by atoms with E-state index in [-0.39, 0.29) is 0 Å². The molecule has 0 unspecified atom stereocenters. The largest absolute Gasteiger partial charge is 0.346 e. The van der Waals surface area contributed by atoms with Gasteiger partial charge in [-0.05, 0) is 47.9 Å². The van der Waals surface area contributed by atoms with Crippen molar-refractivity contribution >= 4 is 11.6 Å². The summed E-state index contributed by atoms with van der Waals surface area (Å²) in [6.45, 7) is 1.97. The molecule has 2 aromatic carbocycles. The van der Waals surface area contributed by atoms with Gasteiger partial charge in [-0.25, -0.2) is 4.98 Å². The van der Waals surface area contributed by atoms with Crippen molar-refractivity contribution < 1.29 is 0 Å². The van der Waals surface area contributed by atoms with Gasteiger partial charge in [-0.15, -0.1) is 0 Å². The third-order valence-electron chi connectivity index (χ3n) is 3.88. The van der Waals surface area contributed by atoms with Crippen LogP contribution in [0.15, 0.2) is 54.7 Å². The summed E-state index contributed by atoms with van der Waals surface area (Å²) in [6, 6.07) is 19.3. The number of aromatic nitrogens is 2. The Morgan fingerprint density at radius 1 is 1.00 bits per heavy atom. The molecule has 25 heavy (non-hydrogen) atoms. The van der Waals surface area contributed by atoms with Gasteiger partial charge in [-0.3, -0.25) is 0 Å². The Kier molecular flexibility index (Phi) is 4.74. The van der Waals surface area contributed by atoms with E-state index in [9.17, 15) is 0 Å². The van der Waals surface area contributed by atoms with Crippen LogP contribution < -0.4 is 0 Å². The van der Waals surface area contributed by atoms with Crippen LogP contribution in [0.3, 0.4) is 0 Å². The van der Waals surface area contributed by atoms with Crippen molar-refractivity contribution in [1.29, 1.82) is 10.5 Å². The van der Waals surface area contributed by atoms with Gasteiger partial charge in [-0.1, -0.05) is 30.3 Å². The molecule has 0 saturated heterocycles. The van der Waals surface area contributed by atoms with Gasteiger partial charge in [0.05, 0.1) is 23.3 Å². The van der Waals surface area contributed by atoms with Crippen molar-refractivity contribution in [2.24, 2.45) is 0 Å². The van der Waals surface area contributed by atoms with E-state index in [1.807, 2.05) is 49.5 Å². The van der Waals surface area contributed by atoms with Crippen LogP contribution in [0, 0.1) is 29.6 Å². The number of aryl methyl sites for hydroxylation is 1. The lowest BCUT2D eigenvalue weighted by Gasteiger charge is -2.08. The quantitative estimate of drug-likeness (QED) is 0.729. The molecule has 0 radical (unpaired) electrons. The van der Waals surface area contributed by atoms with E-state index in [1.165, 1.54) is 0 Å². The van der Waals surface area contributed by atoms with E-state index >= 15 is 0 Å². The Morgan fingerprint density at radius 3 is 2.12 bits per heavy atom. The van der Waals surface area contributed by atoms with Gasteiger partial charge in [-0.2, -0.15) is 10.5 Å². The number of hydrogen-bond donors (Lipinski definition) is 1. The molecule has 1 aromatic heterocycles. The zero-order valence-corrected chi connectivity index (χ0v) is 13.8. The second-order valence-corrected chi connectivity index (χ2v) is 5.78. The summed E-state index contributed by atoms with van der Waals surface area (Å²) in [5, 5.41) is 17.9. The van der Waals surface area contributed by atoms with Gasteiger partial charge < -0.3 is 4.98 Å². The average molecular weight is 324 g/mol. The molecule has 0 aliphatic rings. The summed E-state index contributed by atoms with van der Waals surface area (Å²) >= 11 is 0. The summed E-state index contributed by atoms with van der Waals surface area (Å²) in [7, 11) is 0. The first-order valence-electron chi connectivity index (χ1n) is 7.89. The number of nitrogens with one attached hydrogen (secondary N) is 1. The van der Waals surface area contributed by atoms with Crippen LogP contribution >= 0.6 is 0 Å². The molecule has 1 heterocycles. The van der Waals surface area contributed by atoms with Crippen molar-refractivity contribution in [3.63, 3.8) is 0 Å². The summed E-state index contributed by atoms with van der Waals surface area (Å²) in [5.74, 6) is 0.891. The molecule has 0 atom stereocenters. The van der Waals surface area contributed by atoms with Crippen LogP contribution in [-0.2, 0) is 6.42 Å². The molecule has 0 saturated carbocycles. The molecule has 0 amide bonds. The number of allylic oxidation sites excluding steroid dienone is 1. The number of nitrogens with zero attached hydrogens (tertiary/aromatic N) is 3. The number of benzene rings is 2. The molecule has 120 valence electrons. The van der Waals surface area contributed by atoms with Gasteiger partial charge >= 0.3 is 0 Å². The molecular weight excluding hydrogens is 308 g/mol. The predicted octanol–water partition coefficient (Wildman–Crippen LogP) is 4.24. The van der Waals surface area contributed by atoms with Crippen LogP contribution in [0.2, 0.25) is 0 Å². The highest BCUT2D eigenvalue weighted by molar-refractivity contribution is 5.82. The molecule has 0 aliphatic heterocycles. The normalized spacial score (nSPS) is 10.9. The Hall–Kier alpha value is -3.63. The predicted molar refractivity (Wildman–Crippen MR) is 97.2 cm³/mol. The number of nitriles is 2. The lowest BCUT2D eigenvalue weighted by atomic mass is 9.98. The third kappa shape index (κ3) is 4.02. The van der Waals surface area contributed by atoms with Crippen molar-refractivity contribution in [3.05, 3.63) is 88.5 Å². The second-order valence-electron chi connectivity index (χ2n) is 5.78. The van der Waals surface area contributed by atoms with Crippen LogP contribution in [0.4, 0.5) is 0 Å². The molecular formula is C21H16N4. The lowest BCUT2D eigenvalue weighted by molar-refractivity contribution is 1.06. The highest BCUT2D eigenvalue weighted by Crippen LogP contribution is 2.22. The molecule has 3 aromatic rings. The maximum absolute atomic E-state index is 8.98. The first-order chi connectivity index (χ1) is 12.2. The fraction of sp³-hybridized carbons (Fsp3) is 0.0952. The van der Waals surface area contributed by atoms with Gasteiger partial charge in [0.2, 0.25) is 0 Å². The maximum Gasteiger partial charge on any atom is 0.110 e. The standard InChI is InChI=1S/C21H16N4/c1-15-14-24-21(25-15)11-20(19-8-6-18(13-23)7-9-19)10-16-2-4-17(12-22)5-3-16/h2-10,14H,11H2,1H3,(H,24,25)/b20-10-. The molecule has 4 heteroatoms. The SMILES string of the molecule is Cc1cnc(C/C(=C/c2ccc(C#N)cc2)c2ccc(C#N)cc2)[nH]1. The minimum atomic E-state index is 0.635. The third-order valence-corrected chi connectivity index (χ3v) is 3.88. The van der Waals surface area contributed by atoms with E-state index in [0.29, 0.717) is 17.5 Å². The molecule has 1 N–H and O–H groups in total. The summed E-state index contributed by atoms with van der Waals surface area (Å²) in [5.41, 5.74) is 5.43. The van der Waals surface area contributed by atoms with Gasteiger partial charge in [0.1, 0.15) is 5.82 Å². The van der Waals surface area contributed by atoms with E-state index in [0.717, 1.165) is 28.2 Å². The lowest BCUT2D eigenvalue weighted by Crippen LogP contribution is -1.94. The van der Waals surface area contributed by atoms with Crippen LogP contribution in [0.5, 0.6) is 0 Å². The highest BCUT2D eigenvalue weighted by Gasteiger charge is 2.07. The van der Waals surface area contributed by atoms with Crippen molar-refractivity contribution in [1.82, 2.24) is 9.97 Å². The average Bonchev–Trinajstić information content (AvgIpc) is 3.07. The van der Waals surface area contributed by atoms with Gasteiger partial charge in [0.15, 0.2) is 0 Å². The Bertz CT molecular complexity index is 978. The van der Waals surface area contributed by atoms with Crippen LogP contribution in [-0.4, -0.2) is 9.97 Å². The number of H-pyrrole nitrogens is 1. The minimum absolute atomic E-state index is 0.635. The Morgan fingerprint density at radius 2 is 1.60 bits per heavy atom. The molecule has 0 aliphatic carbocycles. The second kappa shape index (κ2) is 7.29. The fourth-order valence-corrected chi connectivity index (χ4v) is 2.59. The van der Waals surface area contributed by atoms with Crippen LogP contribution in [0.25, 0.3) is 11.6 Å². The monoisotopic (exact) mass is 324 g/mol. The molecule has 3 rings (SSSR count).